The molecule has 0 aliphatic carbocycles. The van der Waals surface area contributed by atoms with Gasteiger partial charge in [0, 0.05) is 25.2 Å². The molecule has 0 aliphatic rings. The molecule has 0 saturated carbocycles. The summed E-state index contributed by atoms with van der Waals surface area (Å²) in [7, 11) is 5.62. The molecule has 7 heteroatoms. The van der Waals surface area contributed by atoms with Crippen LogP contribution in [0.1, 0.15) is 5.56 Å². The van der Waals surface area contributed by atoms with E-state index in [1.54, 1.807) is 18.1 Å². The van der Waals surface area contributed by atoms with Gasteiger partial charge in [0.15, 0.2) is 5.13 Å². The molecule has 0 fully saturated rings. The molecule has 1 amide bonds. The lowest BCUT2D eigenvalue weighted by molar-refractivity contribution is -0.114. The van der Waals surface area contributed by atoms with Crippen LogP contribution < -0.4 is 9.64 Å². The molecule has 0 unspecified atom stereocenters. The van der Waals surface area contributed by atoms with E-state index in [2.05, 4.69) is 9.88 Å². The lowest BCUT2D eigenvalue weighted by atomic mass is 10.2. The lowest BCUT2D eigenvalue weighted by Crippen LogP contribution is -2.35. The van der Waals surface area contributed by atoms with Gasteiger partial charge in [-0.05, 0) is 37.9 Å². The number of hydrogen-bond donors (Lipinski definition) is 0. The molecule has 1 aromatic heterocycles. The quantitative estimate of drug-likeness (QED) is 0.536. The summed E-state index contributed by atoms with van der Waals surface area (Å²) in [4.78, 5) is 21.3. The SMILES string of the molecule is COc1ccc2sc(N(CCN(C)C)C(=O)/C=C/c3ccccc3)nc2c1.Cl. The maximum absolute atomic E-state index is 12.9. The number of halogens is 1. The van der Waals surface area contributed by atoms with Crippen LogP contribution in [-0.4, -0.2) is 50.1 Å². The second-order valence-corrected chi connectivity index (χ2v) is 7.38. The molecular formula is C21H24ClN3O2S. The Bertz CT molecular complexity index is 941. The molecular weight excluding hydrogens is 394 g/mol. The Labute approximate surface area is 175 Å². The van der Waals surface area contributed by atoms with Gasteiger partial charge in [0.05, 0.1) is 17.3 Å². The molecule has 0 radical (unpaired) electrons. The van der Waals surface area contributed by atoms with Crippen molar-refractivity contribution in [3.63, 3.8) is 0 Å². The zero-order valence-electron chi connectivity index (χ0n) is 16.2. The van der Waals surface area contributed by atoms with E-state index in [1.807, 2.05) is 68.7 Å². The maximum Gasteiger partial charge on any atom is 0.252 e. The number of ether oxygens (including phenoxy) is 1. The number of nitrogens with zero attached hydrogens (tertiary/aromatic N) is 3. The third kappa shape index (κ3) is 5.55. The molecule has 0 N–H and O–H groups in total. The highest BCUT2D eigenvalue weighted by atomic mass is 35.5. The van der Waals surface area contributed by atoms with E-state index in [9.17, 15) is 4.79 Å². The fourth-order valence-corrected chi connectivity index (χ4v) is 3.54. The van der Waals surface area contributed by atoms with Crippen LogP contribution >= 0.6 is 23.7 Å². The van der Waals surface area contributed by atoms with Gasteiger partial charge in [0.2, 0.25) is 0 Å². The Hall–Kier alpha value is -2.41. The monoisotopic (exact) mass is 417 g/mol. The Morgan fingerprint density at radius 2 is 1.89 bits per heavy atom. The number of aromatic nitrogens is 1. The van der Waals surface area contributed by atoms with E-state index in [0.717, 1.165) is 28.1 Å². The molecule has 0 saturated heterocycles. The molecule has 148 valence electrons. The van der Waals surface area contributed by atoms with Crippen LogP contribution in [0.4, 0.5) is 5.13 Å². The zero-order valence-corrected chi connectivity index (χ0v) is 17.8. The van der Waals surface area contributed by atoms with E-state index >= 15 is 0 Å². The molecule has 0 bridgehead atoms. The molecule has 1 heterocycles. The van der Waals surface area contributed by atoms with E-state index in [0.29, 0.717) is 11.7 Å². The first-order valence-corrected chi connectivity index (χ1v) is 9.52. The highest BCUT2D eigenvalue weighted by Gasteiger charge is 2.18. The molecule has 0 atom stereocenters. The first kappa shape index (κ1) is 21.9. The average Bonchev–Trinajstić information content (AvgIpc) is 3.09. The van der Waals surface area contributed by atoms with Crippen molar-refractivity contribution in [3.8, 4) is 5.75 Å². The predicted octanol–water partition coefficient (Wildman–Crippen LogP) is 4.33. The van der Waals surface area contributed by atoms with Gasteiger partial charge < -0.3 is 9.64 Å². The first-order valence-electron chi connectivity index (χ1n) is 8.71. The number of rotatable bonds is 7. The fraction of sp³-hybridized carbons (Fsp3) is 0.238. The highest BCUT2D eigenvalue weighted by Crippen LogP contribution is 2.31. The van der Waals surface area contributed by atoms with Crippen molar-refractivity contribution < 1.29 is 9.53 Å². The minimum absolute atomic E-state index is 0. The largest absolute Gasteiger partial charge is 0.497 e. The number of methoxy groups -OCH3 is 1. The Morgan fingerprint density at radius 1 is 1.14 bits per heavy atom. The first-order chi connectivity index (χ1) is 13.1. The third-order valence-corrected chi connectivity index (χ3v) is 5.13. The van der Waals surface area contributed by atoms with Gasteiger partial charge in [-0.15, -0.1) is 12.4 Å². The summed E-state index contributed by atoms with van der Waals surface area (Å²) in [6, 6.07) is 15.6. The smallest absolute Gasteiger partial charge is 0.252 e. The van der Waals surface area contributed by atoms with Crippen LogP contribution in [0.15, 0.2) is 54.6 Å². The van der Waals surface area contributed by atoms with Crippen molar-refractivity contribution in [2.45, 2.75) is 0 Å². The van der Waals surface area contributed by atoms with Crippen LogP contribution in [0.2, 0.25) is 0 Å². The molecule has 3 rings (SSSR count). The summed E-state index contributed by atoms with van der Waals surface area (Å²) in [5.74, 6) is 0.682. The molecule has 0 aliphatic heterocycles. The van der Waals surface area contributed by atoms with Crippen molar-refractivity contribution in [1.29, 1.82) is 0 Å². The van der Waals surface area contributed by atoms with Crippen molar-refractivity contribution >= 4 is 51.1 Å². The summed E-state index contributed by atoms with van der Waals surface area (Å²) in [6.45, 7) is 1.33. The number of thiazole rings is 1. The normalized spacial score (nSPS) is 11.0. The Morgan fingerprint density at radius 3 is 2.57 bits per heavy atom. The minimum atomic E-state index is -0.0771. The number of fused-ring (bicyclic) bond motifs is 1. The number of hydrogen-bond acceptors (Lipinski definition) is 5. The van der Waals surface area contributed by atoms with E-state index in [-0.39, 0.29) is 18.3 Å². The van der Waals surface area contributed by atoms with Crippen LogP contribution in [-0.2, 0) is 4.79 Å². The summed E-state index contributed by atoms with van der Waals surface area (Å²) >= 11 is 1.51. The van der Waals surface area contributed by atoms with Crippen LogP contribution in [0.5, 0.6) is 5.75 Å². The van der Waals surface area contributed by atoms with E-state index in [1.165, 1.54) is 11.3 Å². The average molecular weight is 418 g/mol. The fourth-order valence-electron chi connectivity index (χ4n) is 2.56. The number of carbonyl (C=O) groups excluding carboxylic acids is 1. The molecule has 5 nitrogen and oxygen atoms in total. The number of benzene rings is 2. The summed E-state index contributed by atoms with van der Waals surface area (Å²) in [5.41, 5.74) is 1.83. The lowest BCUT2D eigenvalue weighted by Gasteiger charge is -2.20. The zero-order chi connectivity index (χ0) is 19.2. The van der Waals surface area contributed by atoms with Gasteiger partial charge in [0.25, 0.3) is 5.91 Å². The van der Waals surface area contributed by atoms with Gasteiger partial charge in [-0.1, -0.05) is 41.7 Å². The molecule has 0 spiro atoms. The third-order valence-electron chi connectivity index (χ3n) is 4.07. The van der Waals surface area contributed by atoms with Crippen LogP contribution in [0, 0.1) is 0 Å². The van der Waals surface area contributed by atoms with Gasteiger partial charge in [-0.2, -0.15) is 0 Å². The second kappa shape index (κ2) is 10.2. The van der Waals surface area contributed by atoms with Gasteiger partial charge in [-0.25, -0.2) is 4.98 Å². The number of likely N-dealkylation sites (N-methyl/N-ethyl adjacent to an activating group) is 1. The Balaban J connectivity index is 0.00000280. The van der Waals surface area contributed by atoms with E-state index in [4.69, 9.17) is 4.74 Å². The number of amides is 1. The molecule has 3 aromatic rings. The number of anilines is 1. The number of carbonyl (C=O) groups is 1. The standard InChI is InChI=1S/C21H23N3O2S.ClH/c1-23(2)13-14-24(20(25)12-9-16-7-5-4-6-8-16)21-22-18-15-17(26-3)10-11-19(18)27-21;/h4-12,15H,13-14H2,1-3H3;1H/b12-9+;. The summed E-state index contributed by atoms with van der Waals surface area (Å²) in [6.07, 6.45) is 3.44. The maximum atomic E-state index is 12.9. The highest BCUT2D eigenvalue weighted by molar-refractivity contribution is 7.22. The van der Waals surface area contributed by atoms with Crippen molar-refractivity contribution in [2.75, 3.05) is 39.2 Å². The van der Waals surface area contributed by atoms with Gasteiger partial charge in [-0.3, -0.25) is 9.69 Å². The predicted molar refractivity (Wildman–Crippen MR) is 120 cm³/mol. The topological polar surface area (TPSA) is 45.7 Å². The Kier molecular flexibility index (Phi) is 7.99. The minimum Gasteiger partial charge on any atom is -0.497 e. The molecule has 2 aromatic carbocycles. The van der Waals surface area contributed by atoms with Crippen molar-refractivity contribution in [3.05, 3.63) is 60.2 Å². The van der Waals surface area contributed by atoms with Crippen LogP contribution in [0.3, 0.4) is 0 Å². The van der Waals surface area contributed by atoms with Crippen LogP contribution in [0.25, 0.3) is 16.3 Å². The van der Waals surface area contributed by atoms with Gasteiger partial charge >= 0.3 is 0 Å². The summed E-state index contributed by atoms with van der Waals surface area (Å²) in [5, 5.41) is 0.697. The van der Waals surface area contributed by atoms with E-state index < -0.39 is 0 Å². The van der Waals surface area contributed by atoms with Crippen molar-refractivity contribution in [1.82, 2.24) is 9.88 Å². The summed E-state index contributed by atoms with van der Waals surface area (Å²) < 4.78 is 6.30. The second-order valence-electron chi connectivity index (χ2n) is 6.37. The van der Waals surface area contributed by atoms with Gasteiger partial charge in [0.1, 0.15) is 5.75 Å². The molecule has 28 heavy (non-hydrogen) atoms. The van der Waals surface area contributed by atoms with Crippen molar-refractivity contribution in [2.24, 2.45) is 0 Å².